The summed E-state index contributed by atoms with van der Waals surface area (Å²) < 4.78 is 2.14. The zero-order valence-electron chi connectivity index (χ0n) is 25.0. The van der Waals surface area contributed by atoms with Gasteiger partial charge in [-0.1, -0.05) is 72.0 Å². The van der Waals surface area contributed by atoms with Crippen LogP contribution in [0.15, 0.2) is 150 Å². The van der Waals surface area contributed by atoms with Crippen LogP contribution in [0.5, 0.6) is 0 Å². The highest BCUT2D eigenvalue weighted by atomic mass is 32.1. The maximum Gasteiger partial charge on any atom is 0.197 e. The third-order valence-corrected chi connectivity index (χ3v) is 10.1. The number of nitrogens with zero attached hydrogens (tertiary/aromatic N) is 4. The maximum atomic E-state index is 13.3. The molecule has 7 heteroatoms. The number of anilines is 2. The molecule has 2 aliphatic rings. The molecule has 0 fully saturated rings. The Balaban J connectivity index is 1.03. The standard InChI is InChI=1S/C40H26N4O2S/c45-37-29-9-1-5-13-33(29)43(34-14-6-2-10-30(34)37)27-21-17-25(18-22-27)39-41-42-40(47-39)26-19-23-28(24-20-26)44-35-15-7-3-11-31(35)38(46)32-12-4-8-16-36(32)44/h1-24,29,33H. The number of benzene rings is 5. The van der Waals surface area contributed by atoms with Crippen molar-refractivity contribution in [3.63, 3.8) is 0 Å². The average molecular weight is 627 g/mol. The second-order valence-electron chi connectivity index (χ2n) is 11.7. The van der Waals surface area contributed by atoms with E-state index in [1.165, 1.54) is 0 Å². The second kappa shape index (κ2) is 10.9. The molecule has 2 atom stereocenters. The summed E-state index contributed by atoms with van der Waals surface area (Å²) in [7, 11) is 0. The zero-order valence-corrected chi connectivity index (χ0v) is 25.8. The predicted molar refractivity (Wildman–Crippen MR) is 190 cm³/mol. The highest BCUT2D eigenvalue weighted by molar-refractivity contribution is 7.17. The quantitative estimate of drug-likeness (QED) is 0.183. The molecule has 9 rings (SSSR count). The second-order valence-corrected chi connectivity index (χ2v) is 12.7. The summed E-state index contributed by atoms with van der Waals surface area (Å²) in [4.78, 5) is 28.7. The highest BCUT2D eigenvalue weighted by Crippen LogP contribution is 2.42. The van der Waals surface area contributed by atoms with Crippen LogP contribution in [0.1, 0.15) is 10.4 Å². The van der Waals surface area contributed by atoms with Crippen molar-refractivity contribution in [3.05, 3.63) is 161 Å². The first-order valence-electron chi connectivity index (χ1n) is 15.5. The number of Topliss-reactive ketones (excluding diaryl/α,β-unsaturated/α-hetero) is 1. The topological polar surface area (TPSA) is 68.1 Å². The largest absolute Gasteiger partial charge is 0.333 e. The predicted octanol–water partition coefficient (Wildman–Crippen LogP) is 8.77. The minimum Gasteiger partial charge on any atom is -0.333 e. The van der Waals surface area contributed by atoms with E-state index in [1.807, 2.05) is 91.0 Å². The molecule has 7 aromatic rings. The van der Waals surface area contributed by atoms with Crippen LogP contribution in [-0.4, -0.2) is 26.6 Å². The van der Waals surface area contributed by atoms with Gasteiger partial charge in [0.1, 0.15) is 10.0 Å². The van der Waals surface area contributed by atoms with Gasteiger partial charge in [-0.25, -0.2) is 0 Å². The number of allylic oxidation sites excluding steroid dienone is 2. The highest BCUT2D eigenvalue weighted by Gasteiger charge is 2.39. The molecule has 0 bridgehead atoms. The monoisotopic (exact) mass is 626 g/mol. The summed E-state index contributed by atoms with van der Waals surface area (Å²) in [5.41, 5.74) is 7.41. The van der Waals surface area contributed by atoms with Crippen molar-refractivity contribution >= 4 is 50.3 Å². The molecule has 0 radical (unpaired) electrons. The van der Waals surface area contributed by atoms with E-state index in [0.29, 0.717) is 10.8 Å². The van der Waals surface area contributed by atoms with Gasteiger partial charge < -0.3 is 9.47 Å². The summed E-state index contributed by atoms with van der Waals surface area (Å²) in [6.07, 6.45) is 8.09. The van der Waals surface area contributed by atoms with Crippen molar-refractivity contribution in [1.82, 2.24) is 14.8 Å². The van der Waals surface area contributed by atoms with Crippen molar-refractivity contribution in [3.8, 4) is 26.8 Å². The van der Waals surface area contributed by atoms with Crippen LogP contribution in [0.4, 0.5) is 11.4 Å². The van der Waals surface area contributed by atoms with E-state index in [1.54, 1.807) is 11.3 Å². The van der Waals surface area contributed by atoms with Crippen molar-refractivity contribution < 1.29 is 4.79 Å². The molecule has 2 aromatic heterocycles. The van der Waals surface area contributed by atoms with Crippen LogP contribution in [0.3, 0.4) is 0 Å². The molecular formula is C40H26N4O2S. The van der Waals surface area contributed by atoms with Crippen LogP contribution in [0, 0.1) is 5.92 Å². The molecule has 1 aliphatic heterocycles. The number of pyridine rings is 1. The average Bonchev–Trinajstić information content (AvgIpc) is 3.63. The third kappa shape index (κ3) is 4.39. The molecule has 0 saturated heterocycles. The maximum absolute atomic E-state index is 13.3. The lowest BCUT2D eigenvalue weighted by atomic mass is 9.81. The van der Waals surface area contributed by atoms with Crippen molar-refractivity contribution in [2.45, 2.75) is 6.04 Å². The number of ketones is 1. The van der Waals surface area contributed by atoms with Crippen LogP contribution in [0.2, 0.25) is 0 Å². The van der Waals surface area contributed by atoms with E-state index in [4.69, 9.17) is 0 Å². The molecule has 224 valence electrons. The van der Waals surface area contributed by atoms with Gasteiger partial charge in [0.25, 0.3) is 0 Å². The minimum absolute atomic E-state index is 0.0431. The molecule has 0 N–H and O–H groups in total. The lowest BCUT2D eigenvalue weighted by Gasteiger charge is -2.41. The molecule has 0 spiro atoms. The lowest BCUT2D eigenvalue weighted by Crippen LogP contribution is -2.44. The summed E-state index contributed by atoms with van der Waals surface area (Å²) in [5.74, 6) is -0.0530. The summed E-state index contributed by atoms with van der Waals surface area (Å²) >= 11 is 1.55. The number of aromatic nitrogens is 3. The molecule has 5 aromatic carbocycles. The van der Waals surface area contributed by atoms with E-state index in [9.17, 15) is 9.59 Å². The van der Waals surface area contributed by atoms with Gasteiger partial charge in [-0.15, -0.1) is 10.2 Å². The normalized spacial score (nSPS) is 16.9. The SMILES string of the molecule is O=C1c2ccccc2N(c2ccc(-c3nnc(-c4ccc(-n5c6ccccc6c(=O)c6ccccc65)cc4)s3)cc2)C2C=CC=CC12. The van der Waals surface area contributed by atoms with E-state index in [2.05, 4.69) is 74.3 Å². The van der Waals surface area contributed by atoms with Crippen molar-refractivity contribution in [1.29, 1.82) is 0 Å². The Morgan fingerprint density at radius 1 is 0.574 bits per heavy atom. The minimum atomic E-state index is -0.214. The number of carbonyl (C=O) groups is 1. The molecule has 0 amide bonds. The Hall–Kier alpha value is -5.92. The number of fused-ring (bicyclic) bond motifs is 4. The van der Waals surface area contributed by atoms with Gasteiger partial charge in [0, 0.05) is 38.8 Å². The molecular weight excluding hydrogens is 601 g/mol. The van der Waals surface area contributed by atoms with Crippen LogP contribution in [0.25, 0.3) is 48.6 Å². The Morgan fingerprint density at radius 3 is 1.79 bits per heavy atom. The molecule has 2 unspecified atom stereocenters. The van der Waals surface area contributed by atoms with E-state index in [0.717, 1.165) is 54.8 Å². The number of para-hydroxylation sites is 3. The summed E-state index contributed by atoms with van der Waals surface area (Å²) in [6, 6.07) is 39.9. The fourth-order valence-electron chi connectivity index (χ4n) is 6.88. The Bertz CT molecular complexity index is 2410. The van der Waals surface area contributed by atoms with Crippen molar-refractivity contribution in [2.75, 3.05) is 4.90 Å². The molecule has 3 heterocycles. The lowest BCUT2D eigenvalue weighted by molar-refractivity contribution is 0.0931. The first-order chi connectivity index (χ1) is 23.2. The van der Waals surface area contributed by atoms with Gasteiger partial charge in [-0.05, 0) is 84.9 Å². The first kappa shape index (κ1) is 27.4. The van der Waals surface area contributed by atoms with Gasteiger partial charge in [0.2, 0.25) is 0 Å². The number of carbonyl (C=O) groups excluding carboxylic acids is 1. The summed E-state index contributed by atoms with van der Waals surface area (Å²) in [5, 5.41) is 12.1. The van der Waals surface area contributed by atoms with Gasteiger partial charge in [0.05, 0.1) is 28.7 Å². The van der Waals surface area contributed by atoms with Crippen LogP contribution >= 0.6 is 11.3 Å². The first-order valence-corrected chi connectivity index (χ1v) is 16.3. The smallest absolute Gasteiger partial charge is 0.197 e. The van der Waals surface area contributed by atoms with E-state index < -0.39 is 0 Å². The zero-order chi connectivity index (χ0) is 31.5. The Morgan fingerprint density at radius 2 is 1.13 bits per heavy atom. The van der Waals surface area contributed by atoms with Gasteiger partial charge >= 0.3 is 0 Å². The third-order valence-electron chi connectivity index (χ3n) is 9.10. The molecule has 1 aliphatic carbocycles. The fraction of sp³-hybridized carbons (Fsp3) is 0.0500. The van der Waals surface area contributed by atoms with Crippen LogP contribution < -0.4 is 10.3 Å². The Kier molecular flexibility index (Phi) is 6.33. The molecule has 6 nitrogen and oxygen atoms in total. The number of hydrogen-bond donors (Lipinski definition) is 0. The number of hydrogen-bond acceptors (Lipinski definition) is 6. The molecule has 47 heavy (non-hydrogen) atoms. The van der Waals surface area contributed by atoms with Gasteiger partial charge in [0.15, 0.2) is 11.2 Å². The van der Waals surface area contributed by atoms with Gasteiger partial charge in [-0.3, -0.25) is 9.59 Å². The Labute approximate surface area is 274 Å². The van der Waals surface area contributed by atoms with E-state index >= 15 is 0 Å². The van der Waals surface area contributed by atoms with E-state index in [-0.39, 0.29) is 23.2 Å². The fourth-order valence-corrected chi connectivity index (χ4v) is 7.73. The summed E-state index contributed by atoms with van der Waals surface area (Å²) in [6.45, 7) is 0. The van der Waals surface area contributed by atoms with Gasteiger partial charge in [-0.2, -0.15) is 0 Å². The molecule has 0 saturated carbocycles. The van der Waals surface area contributed by atoms with Crippen LogP contribution in [-0.2, 0) is 0 Å². The number of rotatable bonds is 4. The van der Waals surface area contributed by atoms with Crippen molar-refractivity contribution in [2.24, 2.45) is 5.92 Å².